The Bertz CT molecular complexity index is 845. The first-order chi connectivity index (χ1) is 13.1. The van der Waals surface area contributed by atoms with Crippen LogP contribution in [0.25, 0.3) is 11.3 Å². The van der Waals surface area contributed by atoms with Gasteiger partial charge in [-0.05, 0) is 25.0 Å². The number of benzene rings is 1. The summed E-state index contributed by atoms with van der Waals surface area (Å²) in [6, 6.07) is 8.23. The fourth-order valence-electron chi connectivity index (χ4n) is 3.99. The van der Waals surface area contributed by atoms with Crippen molar-refractivity contribution in [3.63, 3.8) is 0 Å². The molecule has 1 saturated carbocycles. The van der Waals surface area contributed by atoms with E-state index < -0.39 is 0 Å². The third kappa shape index (κ3) is 3.72. The molecule has 1 saturated heterocycles. The molecule has 2 heterocycles. The predicted octanol–water partition coefficient (Wildman–Crippen LogP) is 2.89. The maximum atomic E-state index is 13.8. The second-order valence-electron chi connectivity index (χ2n) is 7.26. The molecule has 0 radical (unpaired) electrons. The van der Waals surface area contributed by atoms with Crippen molar-refractivity contribution >= 4 is 11.8 Å². The van der Waals surface area contributed by atoms with E-state index in [4.69, 9.17) is 4.52 Å². The molecule has 0 spiro atoms. The van der Waals surface area contributed by atoms with E-state index in [9.17, 15) is 14.0 Å². The standard InChI is InChI=1S/C20H22FN3O3/c21-17-8-4-3-7-16(17)18-10-15(27-23-18)11-22-20(26)13-9-19(25)24(12-13)14-5-1-2-6-14/h3-4,7-8,10,13-14H,1-2,5-6,9,11-12H2,(H,22,26)/t13-/m1/s1. The van der Waals surface area contributed by atoms with Gasteiger partial charge in [0.15, 0.2) is 5.76 Å². The Balaban J connectivity index is 1.33. The fourth-order valence-corrected chi connectivity index (χ4v) is 3.99. The smallest absolute Gasteiger partial charge is 0.225 e. The molecule has 4 rings (SSSR count). The van der Waals surface area contributed by atoms with E-state index in [1.54, 1.807) is 24.3 Å². The average molecular weight is 371 g/mol. The Kier molecular flexibility index (Phi) is 4.92. The van der Waals surface area contributed by atoms with Crippen LogP contribution in [0.15, 0.2) is 34.9 Å². The number of halogens is 1. The quantitative estimate of drug-likeness (QED) is 0.877. The third-order valence-electron chi connectivity index (χ3n) is 5.44. The molecule has 0 bridgehead atoms. The summed E-state index contributed by atoms with van der Waals surface area (Å²) in [6.07, 6.45) is 4.65. The van der Waals surface area contributed by atoms with Crippen molar-refractivity contribution in [3.05, 3.63) is 41.9 Å². The molecular formula is C20H22FN3O3. The van der Waals surface area contributed by atoms with Gasteiger partial charge in [0.05, 0.1) is 12.5 Å². The number of aromatic nitrogens is 1. The molecule has 2 fully saturated rings. The van der Waals surface area contributed by atoms with E-state index in [-0.39, 0.29) is 36.5 Å². The van der Waals surface area contributed by atoms with Crippen LogP contribution in [0.3, 0.4) is 0 Å². The second-order valence-corrected chi connectivity index (χ2v) is 7.26. The zero-order valence-corrected chi connectivity index (χ0v) is 15.0. The molecular weight excluding hydrogens is 349 g/mol. The molecule has 2 amide bonds. The van der Waals surface area contributed by atoms with Crippen molar-refractivity contribution in [3.8, 4) is 11.3 Å². The van der Waals surface area contributed by atoms with Crippen LogP contribution in [0.2, 0.25) is 0 Å². The highest BCUT2D eigenvalue weighted by Crippen LogP contribution is 2.29. The van der Waals surface area contributed by atoms with Gasteiger partial charge in [-0.2, -0.15) is 0 Å². The molecule has 0 unspecified atom stereocenters. The summed E-state index contributed by atoms with van der Waals surface area (Å²) in [5, 5.41) is 6.68. The molecule has 2 aliphatic rings. The first-order valence-electron chi connectivity index (χ1n) is 9.39. The summed E-state index contributed by atoms with van der Waals surface area (Å²) in [7, 11) is 0. The minimum absolute atomic E-state index is 0.0727. The van der Waals surface area contributed by atoms with Crippen LogP contribution in [0.5, 0.6) is 0 Å². The van der Waals surface area contributed by atoms with Crippen LogP contribution >= 0.6 is 0 Å². The van der Waals surface area contributed by atoms with Crippen molar-refractivity contribution in [1.29, 1.82) is 0 Å². The average Bonchev–Trinajstić information content (AvgIpc) is 3.40. The van der Waals surface area contributed by atoms with E-state index in [0.717, 1.165) is 25.7 Å². The Hall–Kier alpha value is -2.70. The maximum Gasteiger partial charge on any atom is 0.225 e. The predicted molar refractivity (Wildman–Crippen MR) is 95.8 cm³/mol. The number of nitrogens with zero attached hydrogens (tertiary/aromatic N) is 2. The number of hydrogen-bond acceptors (Lipinski definition) is 4. The summed E-state index contributed by atoms with van der Waals surface area (Å²) in [6.45, 7) is 0.653. The highest BCUT2D eigenvalue weighted by atomic mass is 19.1. The summed E-state index contributed by atoms with van der Waals surface area (Å²) in [5.41, 5.74) is 0.744. The van der Waals surface area contributed by atoms with E-state index >= 15 is 0 Å². The number of rotatable bonds is 5. The number of hydrogen-bond donors (Lipinski definition) is 1. The van der Waals surface area contributed by atoms with E-state index in [0.29, 0.717) is 29.6 Å². The van der Waals surface area contributed by atoms with Gasteiger partial charge in [0.2, 0.25) is 11.8 Å². The number of carbonyl (C=O) groups is 2. The number of nitrogens with one attached hydrogen (secondary N) is 1. The van der Waals surface area contributed by atoms with Crippen molar-refractivity contribution in [2.45, 2.75) is 44.7 Å². The summed E-state index contributed by atoms with van der Waals surface area (Å²) >= 11 is 0. The van der Waals surface area contributed by atoms with Gasteiger partial charge in [-0.25, -0.2) is 4.39 Å². The van der Waals surface area contributed by atoms with Crippen LogP contribution in [0, 0.1) is 11.7 Å². The van der Waals surface area contributed by atoms with Gasteiger partial charge in [-0.3, -0.25) is 9.59 Å². The van der Waals surface area contributed by atoms with Crippen LogP contribution in [0.4, 0.5) is 4.39 Å². The van der Waals surface area contributed by atoms with Gasteiger partial charge in [0.25, 0.3) is 0 Å². The second kappa shape index (κ2) is 7.50. The molecule has 6 nitrogen and oxygen atoms in total. The zero-order valence-electron chi connectivity index (χ0n) is 15.0. The molecule has 1 aliphatic carbocycles. The van der Waals surface area contributed by atoms with Gasteiger partial charge in [-0.1, -0.05) is 30.1 Å². The molecule has 27 heavy (non-hydrogen) atoms. The fraction of sp³-hybridized carbons (Fsp3) is 0.450. The Morgan fingerprint density at radius 3 is 2.85 bits per heavy atom. The van der Waals surface area contributed by atoms with E-state index in [1.807, 2.05) is 4.90 Å². The molecule has 142 valence electrons. The van der Waals surface area contributed by atoms with Gasteiger partial charge in [-0.15, -0.1) is 0 Å². The van der Waals surface area contributed by atoms with Gasteiger partial charge < -0.3 is 14.7 Å². The number of likely N-dealkylation sites (tertiary alicyclic amines) is 1. The molecule has 1 aliphatic heterocycles. The number of carbonyl (C=O) groups excluding carboxylic acids is 2. The highest BCUT2D eigenvalue weighted by Gasteiger charge is 2.38. The first kappa shape index (κ1) is 17.7. The molecule has 7 heteroatoms. The maximum absolute atomic E-state index is 13.8. The van der Waals surface area contributed by atoms with Crippen LogP contribution < -0.4 is 5.32 Å². The molecule has 1 N–H and O–H groups in total. The van der Waals surface area contributed by atoms with E-state index in [1.165, 1.54) is 6.07 Å². The normalized spacial score (nSPS) is 20.4. The van der Waals surface area contributed by atoms with Crippen LogP contribution in [0.1, 0.15) is 37.9 Å². The van der Waals surface area contributed by atoms with Gasteiger partial charge >= 0.3 is 0 Å². The molecule has 1 atom stereocenters. The number of amides is 2. The lowest BCUT2D eigenvalue weighted by Gasteiger charge is -2.23. The van der Waals surface area contributed by atoms with Crippen molar-refractivity contribution in [2.75, 3.05) is 6.54 Å². The van der Waals surface area contributed by atoms with Crippen molar-refractivity contribution < 1.29 is 18.5 Å². The minimum atomic E-state index is -0.377. The van der Waals surface area contributed by atoms with E-state index in [2.05, 4.69) is 10.5 Å². The lowest BCUT2D eigenvalue weighted by Crippen LogP contribution is -2.36. The third-order valence-corrected chi connectivity index (χ3v) is 5.44. The summed E-state index contributed by atoms with van der Waals surface area (Å²) in [5.74, 6) is -0.347. The summed E-state index contributed by atoms with van der Waals surface area (Å²) in [4.78, 5) is 26.5. The largest absolute Gasteiger partial charge is 0.359 e. The summed E-state index contributed by atoms with van der Waals surface area (Å²) < 4.78 is 19.0. The minimum Gasteiger partial charge on any atom is -0.359 e. The lowest BCUT2D eigenvalue weighted by molar-refractivity contribution is -0.130. The highest BCUT2D eigenvalue weighted by molar-refractivity contribution is 5.89. The Labute approximate surface area is 156 Å². The molecule has 1 aromatic heterocycles. The Morgan fingerprint density at radius 1 is 1.30 bits per heavy atom. The van der Waals surface area contributed by atoms with Crippen molar-refractivity contribution in [1.82, 2.24) is 15.4 Å². The lowest BCUT2D eigenvalue weighted by atomic mass is 10.1. The van der Waals surface area contributed by atoms with Gasteiger partial charge in [0.1, 0.15) is 11.5 Å². The van der Waals surface area contributed by atoms with Crippen LogP contribution in [-0.2, 0) is 16.1 Å². The first-order valence-corrected chi connectivity index (χ1v) is 9.39. The molecule has 1 aromatic carbocycles. The monoisotopic (exact) mass is 371 g/mol. The molecule has 2 aromatic rings. The SMILES string of the molecule is O=C(NCc1cc(-c2ccccc2F)no1)[C@@H]1CC(=O)N(C2CCCC2)C1. The van der Waals surface area contributed by atoms with Crippen LogP contribution in [-0.4, -0.2) is 34.5 Å². The Morgan fingerprint density at radius 2 is 2.07 bits per heavy atom. The van der Waals surface area contributed by atoms with Crippen molar-refractivity contribution in [2.24, 2.45) is 5.92 Å². The topological polar surface area (TPSA) is 75.4 Å². The zero-order chi connectivity index (χ0) is 18.8. The van der Waals surface area contributed by atoms with Gasteiger partial charge in [0, 0.05) is 30.6 Å².